The van der Waals surface area contributed by atoms with Crippen LogP contribution in [0, 0.1) is 0 Å². The zero-order valence-electron chi connectivity index (χ0n) is 11.0. The number of aromatic nitrogens is 1. The molecular weight excluding hydrogens is 298 g/mol. The van der Waals surface area contributed by atoms with Gasteiger partial charge in [-0.1, -0.05) is 11.6 Å². The van der Waals surface area contributed by atoms with Gasteiger partial charge in [-0.25, -0.2) is 4.98 Å². The van der Waals surface area contributed by atoms with Crippen LogP contribution in [0.3, 0.4) is 0 Å². The number of rotatable bonds is 4. The molecule has 0 fully saturated rings. The van der Waals surface area contributed by atoms with Gasteiger partial charge in [0.25, 0.3) is 5.91 Å². The predicted molar refractivity (Wildman–Crippen MR) is 80.7 cm³/mol. The maximum atomic E-state index is 12.1. The lowest BCUT2D eigenvalue weighted by atomic mass is 10.3. The minimum absolute atomic E-state index is 0.183. The van der Waals surface area contributed by atoms with Crippen molar-refractivity contribution in [2.75, 3.05) is 12.4 Å². The smallest absolute Gasteiger partial charge is 0.275 e. The summed E-state index contributed by atoms with van der Waals surface area (Å²) in [6.07, 6.45) is 0. The molecule has 20 heavy (non-hydrogen) atoms. The third-order valence-electron chi connectivity index (χ3n) is 2.55. The summed E-state index contributed by atoms with van der Waals surface area (Å²) < 4.78 is 5.10. The SMILES string of the molecule is COc1cc(NC(=O)c2csc(C(C)N)n2)ccc1Cl. The van der Waals surface area contributed by atoms with E-state index in [-0.39, 0.29) is 11.9 Å². The second-order valence-corrected chi connectivity index (χ2v) is 5.46. The van der Waals surface area contributed by atoms with Gasteiger partial charge in [0.05, 0.1) is 18.2 Å². The van der Waals surface area contributed by atoms with Gasteiger partial charge in [0.2, 0.25) is 0 Å². The maximum absolute atomic E-state index is 12.1. The Balaban J connectivity index is 2.14. The summed E-state index contributed by atoms with van der Waals surface area (Å²) in [6.45, 7) is 1.82. The van der Waals surface area contributed by atoms with E-state index in [2.05, 4.69) is 10.3 Å². The van der Waals surface area contributed by atoms with Crippen LogP contribution in [0.25, 0.3) is 0 Å². The second-order valence-electron chi connectivity index (χ2n) is 4.16. The summed E-state index contributed by atoms with van der Waals surface area (Å²) in [7, 11) is 1.52. The molecule has 1 heterocycles. The Morgan fingerprint density at radius 3 is 2.90 bits per heavy atom. The van der Waals surface area contributed by atoms with Gasteiger partial charge in [-0.3, -0.25) is 4.79 Å². The minimum atomic E-state index is -0.294. The van der Waals surface area contributed by atoms with Crippen molar-refractivity contribution in [3.63, 3.8) is 0 Å². The standard InChI is InChI=1S/C13H14ClN3O2S/c1-7(15)13-17-10(6-20-13)12(18)16-8-3-4-9(14)11(5-8)19-2/h3-7H,15H2,1-2H3,(H,16,18). The molecule has 2 aromatic rings. The van der Waals surface area contributed by atoms with Gasteiger partial charge in [0.1, 0.15) is 16.5 Å². The largest absolute Gasteiger partial charge is 0.495 e. The summed E-state index contributed by atoms with van der Waals surface area (Å²) in [6, 6.07) is 4.82. The fraction of sp³-hybridized carbons (Fsp3) is 0.231. The van der Waals surface area contributed by atoms with Crippen molar-refractivity contribution >= 4 is 34.5 Å². The van der Waals surface area contributed by atoms with Crippen molar-refractivity contribution in [3.8, 4) is 5.75 Å². The number of nitrogens with one attached hydrogen (secondary N) is 1. The van der Waals surface area contributed by atoms with Gasteiger partial charge in [-0.2, -0.15) is 0 Å². The zero-order valence-corrected chi connectivity index (χ0v) is 12.6. The molecule has 106 valence electrons. The fourth-order valence-corrected chi connectivity index (χ4v) is 2.49. The number of benzene rings is 1. The van der Waals surface area contributed by atoms with Crippen LogP contribution in [0.15, 0.2) is 23.6 Å². The van der Waals surface area contributed by atoms with Crippen LogP contribution in [-0.4, -0.2) is 18.0 Å². The zero-order chi connectivity index (χ0) is 14.7. The molecule has 0 saturated heterocycles. The number of methoxy groups -OCH3 is 1. The number of hydrogen-bond acceptors (Lipinski definition) is 5. The molecule has 0 radical (unpaired) electrons. The van der Waals surface area contributed by atoms with Crippen molar-refractivity contribution in [1.82, 2.24) is 4.98 Å². The van der Waals surface area contributed by atoms with Gasteiger partial charge >= 0.3 is 0 Å². The number of thiazole rings is 1. The van der Waals surface area contributed by atoms with E-state index in [0.717, 1.165) is 5.01 Å². The van der Waals surface area contributed by atoms with Crippen LogP contribution in [0.2, 0.25) is 5.02 Å². The minimum Gasteiger partial charge on any atom is -0.495 e. The van der Waals surface area contributed by atoms with Crippen LogP contribution >= 0.6 is 22.9 Å². The first-order valence-electron chi connectivity index (χ1n) is 5.87. The molecular formula is C13H14ClN3O2S. The molecule has 0 aliphatic carbocycles. The van der Waals surface area contributed by atoms with Gasteiger partial charge < -0.3 is 15.8 Å². The molecule has 1 amide bonds. The highest BCUT2D eigenvalue weighted by Gasteiger charge is 2.13. The molecule has 1 aromatic heterocycles. The predicted octanol–water partition coefficient (Wildman–Crippen LogP) is 3.08. The van der Waals surface area contributed by atoms with Crippen molar-refractivity contribution in [2.24, 2.45) is 5.73 Å². The molecule has 1 unspecified atom stereocenters. The van der Waals surface area contributed by atoms with Crippen LogP contribution in [0.4, 0.5) is 5.69 Å². The van der Waals surface area contributed by atoms with E-state index in [1.807, 2.05) is 6.92 Å². The van der Waals surface area contributed by atoms with Crippen molar-refractivity contribution in [3.05, 3.63) is 39.3 Å². The summed E-state index contributed by atoms with van der Waals surface area (Å²) >= 11 is 7.29. The Labute approximate surface area is 125 Å². The number of carbonyl (C=O) groups excluding carboxylic acids is 1. The molecule has 3 N–H and O–H groups in total. The first-order valence-corrected chi connectivity index (χ1v) is 7.13. The second kappa shape index (κ2) is 6.21. The lowest BCUT2D eigenvalue weighted by molar-refractivity contribution is 0.102. The van der Waals surface area contributed by atoms with E-state index in [4.69, 9.17) is 22.1 Å². The molecule has 0 aliphatic rings. The summed E-state index contributed by atoms with van der Waals surface area (Å²) in [5, 5.41) is 5.63. The molecule has 1 atom stereocenters. The number of amides is 1. The fourth-order valence-electron chi connectivity index (χ4n) is 1.53. The number of nitrogens with two attached hydrogens (primary N) is 1. The van der Waals surface area contributed by atoms with Gasteiger partial charge in [0, 0.05) is 17.1 Å². The maximum Gasteiger partial charge on any atom is 0.275 e. The quantitative estimate of drug-likeness (QED) is 0.909. The lowest BCUT2D eigenvalue weighted by Gasteiger charge is -2.07. The average molecular weight is 312 g/mol. The van der Waals surface area contributed by atoms with Crippen LogP contribution < -0.4 is 15.8 Å². The number of ether oxygens (including phenoxy) is 1. The van der Waals surface area contributed by atoms with Crippen molar-refractivity contribution < 1.29 is 9.53 Å². The number of anilines is 1. The van der Waals surface area contributed by atoms with Gasteiger partial charge in [-0.15, -0.1) is 11.3 Å². The monoisotopic (exact) mass is 311 g/mol. The highest BCUT2D eigenvalue weighted by atomic mass is 35.5. The Hall–Kier alpha value is -1.63. The van der Waals surface area contributed by atoms with Crippen LogP contribution in [-0.2, 0) is 0 Å². The first-order chi connectivity index (χ1) is 9.51. The molecule has 0 spiro atoms. The van der Waals surface area contributed by atoms with Crippen molar-refractivity contribution in [1.29, 1.82) is 0 Å². The molecule has 5 nitrogen and oxygen atoms in total. The lowest BCUT2D eigenvalue weighted by Crippen LogP contribution is -2.13. The number of halogens is 1. The molecule has 0 saturated carbocycles. The summed E-state index contributed by atoms with van der Waals surface area (Å²) in [5.41, 5.74) is 6.65. The number of hydrogen-bond donors (Lipinski definition) is 2. The van der Waals surface area contributed by atoms with E-state index in [9.17, 15) is 4.79 Å². The van der Waals surface area contributed by atoms with Crippen molar-refractivity contribution in [2.45, 2.75) is 13.0 Å². The van der Waals surface area contributed by atoms with Crippen LogP contribution in [0.5, 0.6) is 5.75 Å². The molecule has 2 rings (SSSR count). The number of nitrogens with zero attached hydrogens (tertiary/aromatic N) is 1. The molecule has 7 heteroatoms. The van der Waals surface area contributed by atoms with E-state index in [1.165, 1.54) is 18.4 Å². The van der Waals surface area contributed by atoms with E-state index in [0.29, 0.717) is 22.2 Å². The van der Waals surface area contributed by atoms with E-state index < -0.39 is 0 Å². The molecule has 0 aliphatic heterocycles. The Kier molecular flexibility index (Phi) is 4.59. The Morgan fingerprint density at radius 2 is 2.30 bits per heavy atom. The Bertz CT molecular complexity index is 628. The topological polar surface area (TPSA) is 77.2 Å². The van der Waals surface area contributed by atoms with Gasteiger partial charge in [-0.05, 0) is 19.1 Å². The van der Waals surface area contributed by atoms with E-state index >= 15 is 0 Å². The number of carbonyl (C=O) groups is 1. The molecule has 0 bridgehead atoms. The third kappa shape index (κ3) is 3.27. The Morgan fingerprint density at radius 1 is 1.55 bits per heavy atom. The normalized spacial score (nSPS) is 12.0. The first kappa shape index (κ1) is 14.8. The highest BCUT2D eigenvalue weighted by molar-refractivity contribution is 7.09. The molecule has 1 aromatic carbocycles. The van der Waals surface area contributed by atoms with E-state index in [1.54, 1.807) is 23.6 Å². The van der Waals surface area contributed by atoms with Gasteiger partial charge in [0.15, 0.2) is 0 Å². The van der Waals surface area contributed by atoms with Crippen LogP contribution in [0.1, 0.15) is 28.5 Å². The summed E-state index contributed by atoms with van der Waals surface area (Å²) in [4.78, 5) is 16.2. The third-order valence-corrected chi connectivity index (χ3v) is 3.91. The highest BCUT2D eigenvalue weighted by Crippen LogP contribution is 2.27. The summed E-state index contributed by atoms with van der Waals surface area (Å²) in [5.74, 6) is 0.205. The average Bonchev–Trinajstić information content (AvgIpc) is 2.91.